The van der Waals surface area contributed by atoms with Crippen LogP contribution in [0.5, 0.6) is 5.75 Å². The van der Waals surface area contributed by atoms with E-state index in [1.807, 2.05) is 83.8 Å². The molecule has 0 fully saturated rings. The summed E-state index contributed by atoms with van der Waals surface area (Å²) in [4.78, 5) is 19.3. The van der Waals surface area contributed by atoms with E-state index in [9.17, 15) is 4.79 Å². The van der Waals surface area contributed by atoms with Crippen molar-refractivity contribution >= 4 is 40.0 Å². The Morgan fingerprint density at radius 1 is 0.889 bits per heavy atom. The van der Waals surface area contributed by atoms with Crippen LogP contribution in [0.15, 0.2) is 91.0 Å². The number of carbonyl (C=O) groups excluding carboxylic acids is 1. The fraction of sp³-hybridized carbons (Fsp3) is 0.100. The lowest BCUT2D eigenvalue weighted by atomic mass is 9.93. The molecule has 178 valence electrons. The summed E-state index contributed by atoms with van der Waals surface area (Å²) in [5.74, 6) is 0.785. The van der Waals surface area contributed by atoms with Gasteiger partial charge >= 0.3 is 0 Å². The molecule has 0 saturated carbocycles. The average molecular weight is 513 g/mol. The van der Waals surface area contributed by atoms with Crippen molar-refractivity contribution in [1.29, 1.82) is 0 Å². The number of nitrogens with zero attached hydrogens (tertiary/aromatic N) is 1. The van der Waals surface area contributed by atoms with Crippen LogP contribution in [-0.2, 0) is 6.54 Å². The van der Waals surface area contributed by atoms with Crippen molar-refractivity contribution < 1.29 is 9.53 Å². The number of ether oxygens (including phenoxy) is 1. The van der Waals surface area contributed by atoms with Gasteiger partial charge in [-0.15, -0.1) is 0 Å². The number of halogens is 2. The van der Waals surface area contributed by atoms with E-state index in [2.05, 4.69) is 11.1 Å². The van der Waals surface area contributed by atoms with Crippen molar-refractivity contribution in [1.82, 2.24) is 9.88 Å². The van der Waals surface area contributed by atoms with Crippen molar-refractivity contribution in [2.45, 2.75) is 12.6 Å². The Kier molecular flexibility index (Phi) is 5.71. The lowest BCUT2D eigenvalue weighted by molar-refractivity contribution is 0.0737. The predicted octanol–water partition coefficient (Wildman–Crippen LogP) is 7.90. The SMILES string of the molecule is COc1ccc(CN2C(=O)c3ccccc3C2c2c(-c3ccc(Cl)cc3Cl)[nH]c3ccccc23)cc1. The molecule has 0 spiro atoms. The average Bonchev–Trinajstić information content (AvgIpc) is 3.39. The van der Waals surface area contributed by atoms with Gasteiger partial charge in [0.25, 0.3) is 5.91 Å². The second-order valence-corrected chi connectivity index (χ2v) is 9.70. The maximum absolute atomic E-state index is 13.8. The Labute approximate surface area is 219 Å². The molecule has 6 rings (SSSR count). The molecule has 1 N–H and O–H groups in total. The molecule has 36 heavy (non-hydrogen) atoms. The second-order valence-electron chi connectivity index (χ2n) is 8.85. The summed E-state index contributed by atoms with van der Waals surface area (Å²) in [6.45, 7) is 0.454. The third-order valence-corrected chi connectivity index (χ3v) is 7.34. The number of aromatic nitrogens is 1. The van der Waals surface area contributed by atoms with Gasteiger partial charge in [-0.1, -0.05) is 71.7 Å². The van der Waals surface area contributed by atoms with Crippen LogP contribution in [0.3, 0.4) is 0 Å². The molecule has 1 unspecified atom stereocenters. The minimum Gasteiger partial charge on any atom is -0.497 e. The number of nitrogens with one attached hydrogen (secondary N) is 1. The molecule has 1 aliphatic heterocycles. The Morgan fingerprint density at radius 3 is 2.42 bits per heavy atom. The van der Waals surface area contributed by atoms with Crippen LogP contribution in [-0.4, -0.2) is 22.9 Å². The topological polar surface area (TPSA) is 45.3 Å². The quantitative estimate of drug-likeness (QED) is 0.260. The van der Waals surface area contributed by atoms with Crippen molar-refractivity contribution in [2.24, 2.45) is 0 Å². The minimum atomic E-state index is -0.298. The molecule has 0 radical (unpaired) electrons. The standard InChI is InChI=1S/C30H22Cl2N2O2/c1-36-20-13-10-18(11-14-20)17-34-29(21-6-2-3-7-22(21)30(34)35)27-24-8-4-5-9-26(24)33-28(27)23-15-12-19(31)16-25(23)32/h2-16,29,33H,17H2,1H3. The van der Waals surface area contributed by atoms with Gasteiger partial charge in [0.1, 0.15) is 5.75 Å². The first-order valence-corrected chi connectivity index (χ1v) is 12.4. The highest BCUT2D eigenvalue weighted by molar-refractivity contribution is 6.36. The molecule has 4 aromatic carbocycles. The van der Waals surface area contributed by atoms with E-state index in [-0.39, 0.29) is 11.9 Å². The van der Waals surface area contributed by atoms with Gasteiger partial charge in [-0.25, -0.2) is 0 Å². The number of amides is 1. The summed E-state index contributed by atoms with van der Waals surface area (Å²) in [7, 11) is 1.64. The van der Waals surface area contributed by atoms with E-state index < -0.39 is 0 Å². The van der Waals surface area contributed by atoms with E-state index in [4.69, 9.17) is 27.9 Å². The minimum absolute atomic E-state index is 0.00449. The molecule has 2 heterocycles. The predicted molar refractivity (Wildman–Crippen MR) is 145 cm³/mol. The number of carbonyl (C=O) groups is 1. The molecule has 4 nitrogen and oxygen atoms in total. The van der Waals surface area contributed by atoms with Gasteiger partial charge in [0.05, 0.1) is 23.9 Å². The Bertz CT molecular complexity index is 1610. The number of hydrogen-bond acceptors (Lipinski definition) is 2. The van der Waals surface area contributed by atoms with Crippen LogP contribution in [0, 0.1) is 0 Å². The molecule has 1 amide bonds. The third kappa shape index (κ3) is 3.74. The van der Waals surface area contributed by atoms with Crippen LogP contribution in [0.1, 0.15) is 33.1 Å². The number of methoxy groups -OCH3 is 1. The van der Waals surface area contributed by atoms with Gasteiger partial charge in [0, 0.05) is 39.2 Å². The van der Waals surface area contributed by atoms with Gasteiger partial charge in [0.15, 0.2) is 0 Å². The highest BCUT2D eigenvalue weighted by Crippen LogP contribution is 2.47. The summed E-state index contributed by atoms with van der Waals surface area (Å²) >= 11 is 12.9. The highest BCUT2D eigenvalue weighted by Gasteiger charge is 2.40. The van der Waals surface area contributed by atoms with E-state index in [1.54, 1.807) is 13.2 Å². The van der Waals surface area contributed by atoms with E-state index in [1.165, 1.54) is 0 Å². The molecule has 0 aliphatic carbocycles. The number of benzene rings is 4. The molecule has 1 aromatic heterocycles. The number of H-pyrrole nitrogens is 1. The van der Waals surface area contributed by atoms with Gasteiger partial charge in [-0.05, 0) is 53.6 Å². The molecule has 0 bridgehead atoms. The van der Waals surface area contributed by atoms with Gasteiger partial charge in [-0.3, -0.25) is 4.79 Å². The molecule has 0 saturated heterocycles. The van der Waals surface area contributed by atoms with Crippen LogP contribution in [0.25, 0.3) is 22.2 Å². The molecule has 1 atom stereocenters. The van der Waals surface area contributed by atoms with Gasteiger partial charge in [-0.2, -0.15) is 0 Å². The summed E-state index contributed by atoms with van der Waals surface area (Å²) in [5, 5.41) is 2.17. The maximum Gasteiger partial charge on any atom is 0.255 e. The lowest BCUT2D eigenvalue weighted by Crippen LogP contribution is -2.28. The Balaban J connectivity index is 1.57. The molecule has 5 aromatic rings. The van der Waals surface area contributed by atoms with Crippen LogP contribution in [0.2, 0.25) is 10.0 Å². The Morgan fingerprint density at radius 2 is 1.64 bits per heavy atom. The van der Waals surface area contributed by atoms with Crippen molar-refractivity contribution in [3.8, 4) is 17.0 Å². The first kappa shape index (κ1) is 22.7. The van der Waals surface area contributed by atoms with Crippen LogP contribution >= 0.6 is 23.2 Å². The monoisotopic (exact) mass is 512 g/mol. The number of rotatable bonds is 5. The number of fused-ring (bicyclic) bond motifs is 2. The number of aromatic amines is 1. The maximum atomic E-state index is 13.8. The molecule has 6 heteroatoms. The number of para-hydroxylation sites is 1. The zero-order valence-corrected chi connectivity index (χ0v) is 21.0. The lowest BCUT2D eigenvalue weighted by Gasteiger charge is -2.27. The summed E-state index contributed by atoms with van der Waals surface area (Å²) < 4.78 is 5.32. The zero-order valence-electron chi connectivity index (χ0n) is 19.5. The fourth-order valence-electron chi connectivity index (χ4n) is 5.12. The highest BCUT2D eigenvalue weighted by atomic mass is 35.5. The molecular formula is C30H22Cl2N2O2. The van der Waals surface area contributed by atoms with Gasteiger partial charge in [0.2, 0.25) is 0 Å². The summed E-state index contributed by atoms with van der Waals surface area (Å²) in [6, 6.07) is 29.0. The van der Waals surface area contributed by atoms with Crippen LogP contribution < -0.4 is 4.74 Å². The van der Waals surface area contributed by atoms with Crippen molar-refractivity contribution in [2.75, 3.05) is 7.11 Å². The fourth-order valence-corrected chi connectivity index (χ4v) is 5.63. The first-order chi connectivity index (χ1) is 17.5. The number of hydrogen-bond donors (Lipinski definition) is 1. The normalized spacial score (nSPS) is 14.9. The second kappa shape index (κ2) is 9.05. The summed E-state index contributed by atoms with van der Waals surface area (Å²) in [6.07, 6.45) is 0. The van der Waals surface area contributed by atoms with Gasteiger partial charge < -0.3 is 14.6 Å². The van der Waals surface area contributed by atoms with Crippen molar-refractivity contribution in [3.05, 3.63) is 123 Å². The van der Waals surface area contributed by atoms with Crippen molar-refractivity contribution in [3.63, 3.8) is 0 Å². The van der Waals surface area contributed by atoms with Crippen LogP contribution in [0.4, 0.5) is 0 Å². The smallest absolute Gasteiger partial charge is 0.255 e. The largest absolute Gasteiger partial charge is 0.497 e. The summed E-state index contributed by atoms with van der Waals surface area (Å²) in [5.41, 5.74) is 6.44. The third-order valence-electron chi connectivity index (χ3n) is 6.79. The van der Waals surface area contributed by atoms with E-state index in [0.717, 1.165) is 50.2 Å². The molecular weight excluding hydrogens is 491 g/mol. The van der Waals surface area contributed by atoms with E-state index in [0.29, 0.717) is 16.6 Å². The van der Waals surface area contributed by atoms with E-state index >= 15 is 0 Å². The molecule has 1 aliphatic rings. The first-order valence-electron chi connectivity index (χ1n) is 11.6. The Hall–Kier alpha value is -3.73. The zero-order chi connectivity index (χ0) is 24.8.